The van der Waals surface area contributed by atoms with Crippen molar-refractivity contribution >= 4 is 29.0 Å². The van der Waals surface area contributed by atoms with Crippen LogP contribution in [0, 0.1) is 39.9 Å². The lowest BCUT2D eigenvalue weighted by molar-refractivity contribution is -0.226. The first kappa shape index (κ1) is 26.5. The van der Waals surface area contributed by atoms with Gasteiger partial charge in [-0.1, -0.05) is 30.2 Å². The number of alkyl halides is 1. The van der Waals surface area contributed by atoms with Crippen LogP contribution in [0.1, 0.15) is 39.5 Å². The Morgan fingerprint density at radius 3 is 2.72 bits per heavy atom. The third-order valence-electron chi connectivity index (χ3n) is 10.7. The second-order valence-corrected chi connectivity index (χ2v) is 12.8. The summed E-state index contributed by atoms with van der Waals surface area (Å²) in [6, 6.07) is 9.22. The number of carbonyl (C=O) groups is 2. The van der Waals surface area contributed by atoms with Gasteiger partial charge >= 0.3 is 0 Å². The number of hydrogen-bond acceptors (Lipinski definition) is 6. The molecule has 1 aromatic carbocycles. The van der Waals surface area contributed by atoms with Crippen LogP contribution in [-0.4, -0.2) is 59.2 Å². The van der Waals surface area contributed by atoms with E-state index in [1.54, 1.807) is 37.2 Å². The molecule has 0 aromatic heterocycles. The maximum absolute atomic E-state index is 17.6. The van der Waals surface area contributed by atoms with Crippen molar-refractivity contribution in [2.24, 2.45) is 28.6 Å². The highest BCUT2D eigenvalue weighted by molar-refractivity contribution is 6.30. The summed E-state index contributed by atoms with van der Waals surface area (Å²) in [5.41, 5.74) is -3.90. The summed E-state index contributed by atoms with van der Waals surface area (Å²) < 4.78 is 17.6. The molecule has 1 saturated heterocycles. The lowest BCUT2D eigenvalue weighted by Gasteiger charge is -2.62. The Labute approximate surface area is 232 Å². The summed E-state index contributed by atoms with van der Waals surface area (Å²) in [7, 11) is 1.59. The number of benzene rings is 1. The third-order valence-corrected chi connectivity index (χ3v) is 11.0. The molecule has 206 valence electrons. The monoisotopic (exact) mass is 553 g/mol. The first-order chi connectivity index (χ1) is 18.4. The van der Waals surface area contributed by atoms with Gasteiger partial charge in [0.1, 0.15) is 6.54 Å². The smallest absolute Gasteiger partial charge is 0.259 e. The van der Waals surface area contributed by atoms with Gasteiger partial charge < -0.3 is 10.0 Å². The lowest BCUT2D eigenvalue weighted by atomic mass is 9.44. The van der Waals surface area contributed by atoms with E-state index in [1.807, 2.05) is 19.1 Å². The molecule has 7 nitrogen and oxygen atoms in total. The molecular formula is C30H33ClFN3O4. The molecular weight excluding hydrogens is 521 g/mol. The zero-order chi connectivity index (χ0) is 28.0. The van der Waals surface area contributed by atoms with Gasteiger partial charge in [-0.2, -0.15) is 5.26 Å². The molecule has 1 amide bonds. The molecule has 1 N–H and O–H groups in total. The summed E-state index contributed by atoms with van der Waals surface area (Å²) in [5.74, 6) is -1.53. The maximum atomic E-state index is 17.6. The van der Waals surface area contributed by atoms with Gasteiger partial charge in [-0.15, -0.1) is 0 Å². The summed E-state index contributed by atoms with van der Waals surface area (Å²) in [5, 5.41) is 23.4. The molecule has 1 aliphatic heterocycles. The number of aliphatic hydroxyl groups is 1. The van der Waals surface area contributed by atoms with Crippen molar-refractivity contribution in [3.05, 3.63) is 53.1 Å². The first-order valence-electron chi connectivity index (χ1n) is 13.6. The minimum Gasteiger partial charge on any atom is -0.390 e. The Morgan fingerprint density at radius 1 is 1.31 bits per heavy atom. The van der Waals surface area contributed by atoms with Gasteiger partial charge in [-0.3, -0.25) is 19.5 Å². The number of nitrogens with zero attached hydrogens (tertiary/aromatic N) is 3. The topological polar surface area (TPSA) is 93.9 Å². The van der Waals surface area contributed by atoms with Crippen LogP contribution in [0.5, 0.6) is 0 Å². The van der Waals surface area contributed by atoms with Gasteiger partial charge in [0, 0.05) is 34.7 Å². The molecule has 8 atom stereocenters. The van der Waals surface area contributed by atoms with E-state index in [0.29, 0.717) is 30.8 Å². The lowest BCUT2D eigenvalue weighted by Crippen LogP contribution is -2.70. The molecule has 4 aliphatic carbocycles. The average molecular weight is 554 g/mol. The van der Waals surface area contributed by atoms with Crippen molar-refractivity contribution < 1.29 is 23.9 Å². The second kappa shape index (κ2) is 8.63. The molecule has 9 heteroatoms. The van der Waals surface area contributed by atoms with Crippen LogP contribution in [0.3, 0.4) is 0 Å². The van der Waals surface area contributed by atoms with E-state index in [0.717, 1.165) is 11.3 Å². The van der Waals surface area contributed by atoms with Crippen molar-refractivity contribution in [3.63, 3.8) is 0 Å². The highest BCUT2D eigenvalue weighted by atomic mass is 35.5. The van der Waals surface area contributed by atoms with Gasteiger partial charge in [0.05, 0.1) is 24.4 Å². The van der Waals surface area contributed by atoms with Gasteiger partial charge in [-0.05, 0) is 74.9 Å². The molecule has 0 unspecified atom stereocenters. The summed E-state index contributed by atoms with van der Waals surface area (Å²) in [6.07, 6.45) is 4.79. The normalized spacial score (nSPS) is 42.1. The molecule has 4 fully saturated rings. The molecule has 0 bridgehead atoms. The molecule has 1 heterocycles. The summed E-state index contributed by atoms with van der Waals surface area (Å²) >= 11 is 6.10. The molecule has 6 rings (SSSR count). The fourth-order valence-electron chi connectivity index (χ4n) is 8.84. The SMILES string of the molecule is CN(CC#N)C(=O)[C@@]12ON(c3ccc(Cl)cc3)C[C@@H]1C[C@H]1[C@@H]3CCC4=CC(=O)C=C[C@]4(C)[C@@]3(F)[C@@H](O)C[C@@]12C. The van der Waals surface area contributed by atoms with Crippen molar-refractivity contribution in [1.29, 1.82) is 5.26 Å². The van der Waals surface area contributed by atoms with Gasteiger partial charge in [0.2, 0.25) is 0 Å². The average Bonchev–Trinajstić information content (AvgIpc) is 3.39. The van der Waals surface area contributed by atoms with E-state index < -0.39 is 34.1 Å². The van der Waals surface area contributed by atoms with E-state index >= 15 is 4.39 Å². The number of nitriles is 1. The van der Waals surface area contributed by atoms with Crippen LogP contribution in [-0.2, 0) is 14.4 Å². The standard InChI is InChI=1S/C30H33ClFN3O4/c1-27-11-10-22(36)14-18(27)4-9-23-24-15-19-17-35(21-7-5-20(31)6-8-21)39-30(19,26(38)34(3)13-12-33)28(24,2)16-25(37)29(23,27)32/h5-8,10-11,14,19,23-25,37H,4,9,13,15-17H2,1-3H3/t19-,23-,24-,25-,27-,28-,29-,30-/m0/s1. The van der Waals surface area contributed by atoms with Crippen molar-refractivity contribution in [1.82, 2.24) is 4.90 Å². The fourth-order valence-corrected chi connectivity index (χ4v) is 8.96. The second-order valence-electron chi connectivity index (χ2n) is 12.4. The number of hydrogen-bond donors (Lipinski definition) is 1. The number of ketones is 1. The van der Waals surface area contributed by atoms with Crippen LogP contribution >= 0.6 is 11.6 Å². The molecule has 0 radical (unpaired) electrons. The van der Waals surface area contributed by atoms with E-state index in [4.69, 9.17) is 16.4 Å². The first-order valence-corrected chi connectivity index (χ1v) is 14.0. The largest absolute Gasteiger partial charge is 0.390 e. The number of hydroxylamine groups is 1. The maximum Gasteiger partial charge on any atom is 0.259 e. The Bertz CT molecular complexity index is 1340. The molecule has 0 spiro atoms. The van der Waals surface area contributed by atoms with Gasteiger partial charge in [0.25, 0.3) is 5.91 Å². The number of carbonyl (C=O) groups excluding carboxylic acids is 2. The van der Waals surface area contributed by atoms with Crippen molar-refractivity contribution in [2.45, 2.75) is 56.9 Å². The number of fused-ring (bicyclic) bond motifs is 7. The van der Waals surface area contributed by atoms with E-state index in [-0.39, 0.29) is 36.5 Å². The predicted octanol–water partition coefficient (Wildman–Crippen LogP) is 4.41. The number of allylic oxidation sites excluding steroid dienone is 4. The molecule has 5 aliphatic rings. The highest BCUT2D eigenvalue weighted by Crippen LogP contribution is 2.72. The fraction of sp³-hybridized carbons (Fsp3) is 0.567. The van der Waals surface area contributed by atoms with Crippen LogP contribution in [0.25, 0.3) is 0 Å². The van der Waals surface area contributed by atoms with E-state index in [9.17, 15) is 20.0 Å². The molecule has 39 heavy (non-hydrogen) atoms. The Kier molecular flexibility index (Phi) is 5.86. The van der Waals surface area contributed by atoms with Crippen molar-refractivity contribution in [2.75, 3.05) is 25.2 Å². The van der Waals surface area contributed by atoms with Gasteiger partial charge in [-0.25, -0.2) is 4.39 Å². The number of amides is 1. The van der Waals surface area contributed by atoms with Crippen LogP contribution in [0.15, 0.2) is 48.1 Å². The zero-order valence-electron chi connectivity index (χ0n) is 22.4. The minimum atomic E-state index is -1.99. The quantitative estimate of drug-likeness (QED) is 0.557. The van der Waals surface area contributed by atoms with Crippen LogP contribution in [0.4, 0.5) is 10.1 Å². The molecule has 3 saturated carbocycles. The number of rotatable bonds is 3. The van der Waals surface area contributed by atoms with Crippen LogP contribution in [0.2, 0.25) is 5.02 Å². The Morgan fingerprint density at radius 2 is 2.03 bits per heavy atom. The number of aliphatic hydroxyl groups excluding tert-OH is 1. The number of likely N-dealkylation sites (N-methyl/N-ethyl adjacent to an activating group) is 1. The van der Waals surface area contributed by atoms with Crippen LogP contribution < -0.4 is 5.06 Å². The Balaban J connectivity index is 1.45. The van der Waals surface area contributed by atoms with Crippen molar-refractivity contribution in [3.8, 4) is 6.07 Å². The Hall–Kier alpha value is -2.73. The van der Waals surface area contributed by atoms with Gasteiger partial charge in [0.15, 0.2) is 17.1 Å². The zero-order valence-corrected chi connectivity index (χ0v) is 23.1. The number of halogens is 2. The number of anilines is 1. The van der Waals surface area contributed by atoms with E-state index in [1.165, 1.54) is 17.1 Å². The predicted molar refractivity (Wildman–Crippen MR) is 143 cm³/mol. The minimum absolute atomic E-state index is 0.0203. The third kappa shape index (κ3) is 3.27. The summed E-state index contributed by atoms with van der Waals surface area (Å²) in [6.45, 7) is 4.05. The molecule has 1 aromatic rings. The highest BCUT2D eigenvalue weighted by Gasteiger charge is 2.79. The summed E-state index contributed by atoms with van der Waals surface area (Å²) in [4.78, 5) is 34.5. The van der Waals surface area contributed by atoms with E-state index in [2.05, 4.69) is 6.07 Å².